The lowest BCUT2D eigenvalue weighted by Gasteiger charge is -2.06. The fourth-order valence-electron chi connectivity index (χ4n) is 0.948. The molecule has 8 heteroatoms. The Hall–Kier alpha value is -1.25. The maximum atomic E-state index is 11.2. The van der Waals surface area contributed by atoms with Gasteiger partial charge in [-0.05, 0) is 6.42 Å². The summed E-state index contributed by atoms with van der Waals surface area (Å²) < 4.78 is 9.98. The predicted octanol–water partition coefficient (Wildman–Crippen LogP) is -1.44. The lowest BCUT2D eigenvalue weighted by molar-refractivity contribution is -0.139. The first kappa shape index (κ1) is 16.8. The van der Waals surface area contributed by atoms with Gasteiger partial charge in [0.15, 0.2) is 0 Å². The average Bonchev–Trinajstić information content (AvgIpc) is 2.34. The van der Waals surface area contributed by atoms with Gasteiger partial charge in [0.2, 0.25) is 0 Å². The van der Waals surface area contributed by atoms with E-state index in [0.29, 0.717) is 32.8 Å². The van der Waals surface area contributed by atoms with E-state index in [4.69, 9.17) is 15.2 Å². The molecular formula is C10H19N3O4S. The van der Waals surface area contributed by atoms with Gasteiger partial charge in [-0.15, -0.1) is 0 Å². The Labute approximate surface area is 111 Å². The van der Waals surface area contributed by atoms with Gasteiger partial charge in [0.1, 0.15) is 0 Å². The molecule has 0 aliphatic rings. The van der Waals surface area contributed by atoms with E-state index in [1.807, 2.05) is 0 Å². The van der Waals surface area contributed by atoms with Crippen LogP contribution < -0.4 is 16.4 Å². The van der Waals surface area contributed by atoms with E-state index in [2.05, 4.69) is 22.9 Å². The molecule has 0 aromatic heterocycles. The molecule has 2 amide bonds. The smallest absolute Gasteiger partial charge is 0.309 e. The van der Waals surface area contributed by atoms with Gasteiger partial charge in [0.25, 0.3) is 0 Å². The number of amides is 2. The van der Waals surface area contributed by atoms with Gasteiger partial charge in [0, 0.05) is 20.3 Å². The Balaban J connectivity index is 3.46. The second-order valence-electron chi connectivity index (χ2n) is 3.36. The molecule has 0 radical (unpaired) electrons. The fraction of sp³-hybridized carbons (Fsp3) is 0.700. The number of carbonyl (C=O) groups is 2. The van der Waals surface area contributed by atoms with Gasteiger partial charge < -0.3 is 25.8 Å². The number of hydrogen-bond donors (Lipinski definition) is 3. The first-order chi connectivity index (χ1) is 8.57. The number of carbonyl (C=O) groups excluding carboxylic acids is 2. The monoisotopic (exact) mass is 277 g/mol. The quantitative estimate of drug-likeness (QED) is 0.271. The highest BCUT2D eigenvalue weighted by molar-refractivity contribution is 7.80. The molecule has 18 heavy (non-hydrogen) atoms. The maximum Gasteiger partial charge on any atom is 0.309 e. The van der Waals surface area contributed by atoms with Crippen molar-refractivity contribution in [3.63, 3.8) is 0 Å². The van der Waals surface area contributed by atoms with Gasteiger partial charge in [-0.2, -0.15) is 0 Å². The second kappa shape index (κ2) is 10.9. The Morgan fingerprint density at radius 3 is 2.44 bits per heavy atom. The summed E-state index contributed by atoms with van der Waals surface area (Å²) in [6.07, 6.45) is 0.623. The fourth-order valence-corrected chi connectivity index (χ4v) is 1.02. The third-order valence-electron chi connectivity index (χ3n) is 1.81. The molecule has 0 atom stereocenters. The van der Waals surface area contributed by atoms with Gasteiger partial charge in [0.05, 0.1) is 24.7 Å². The molecule has 0 aliphatic carbocycles. The number of methoxy groups -OCH3 is 1. The first-order valence-electron chi connectivity index (χ1n) is 5.49. The minimum Gasteiger partial charge on any atom is -0.392 e. The van der Waals surface area contributed by atoms with Crippen LogP contribution >= 0.6 is 12.2 Å². The Bertz CT molecular complexity index is 286. The van der Waals surface area contributed by atoms with Crippen molar-refractivity contribution in [2.24, 2.45) is 5.73 Å². The molecule has 0 unspecified atom stereocenters. The number of nitrogens with two attached hydrogens (primary N) is 1. The van der Waals surface area contributed by atoms with E-state index in [-0.39, 0.29) is 11.5 Å². The van der Waals surface area contributed by atoms with Gasteiger partial charge in [-0.25, -0.2) is 0 Å². The van der Waals surface area contributed by atoms with Crippen molar-refractivity contribution in [1.29, 1.82) is 0 Å². The molecule has 0 rings (SSSR count). The van der Waals surface area contributed by atoms with Gasteiger partial charge in [-0.3, -0.25) is 9.59 Å². The Kier molecular flexibility index (Phi) is 10.1. The SMILES string of the molecule is COCCOCCCNC(=O)C(=O)NCC(N)=S. The van der Waals surface area contributed by atoms with Gasteiger partial charge in [-0.1, -0.05) is 12.2 Å². The highest BCUT2D eigenvalue weighted by Crippen LogP contribution is 1.82. The topological polar surface area (TPSA) is 103 Å². The van der Waals surface area contributed by atoms with Crippen molar-refractivity contribution >= 4 is 29.0 Å². The van der Waals surface area contributed by atoms with Crippen molar-refractivity contribution in [2.45, 2.75) is 6.42 Å². The highest BCUT2D eigenvalue weighted by Gasteiger charge is 2.11. The molecule has 0 aromatic carbocycles. The summed E-state index contributed by atoms with van der Waals surface area (Å²) in [5.41, 5.74) is 5.18. The number of thiocarbonyl (C=S) groups is 1. The predicted molar refractivity (Wildman–Crippen MR) is 70.1 cm³/mol. The molecule has 0 aromatic rings. The van der Waals surface area contributed by atoms with Crippen LogP contribution in [0.3, 0.4) is 0 Å². The van der Waals surface area contributed by atoms with E-state index in [9.17, 15) is 9.59 Å². The average molecular weight is 277 g/mol. The zero-order chi connectivity index (χ0) is 13.8. The summed E-state index contributed by atoms with van der Waals surface area (Å²) in [4.78, 5) is 22.5. The largest absolute Gasteiger partial charge is 0.392 e. The molecular weight excluding hydrogens is 258 g/mol. The highest BCUT2D eigenvalue weighted by atomic mass is 32.1. The third-order valence-corrected chi connectivity index (χ3v) is 1.96. The molecule has 0 spiro atoms. The number of hydrogen-bond acceptors (Lipinski definition) is 5. The van der Waals surface area contributed by atoms with Crippen LogP contribution in [0.1, 0.15) is 6.42 Å². The van der Waals surface area contributed by atoms with Gasteiger partial charge >= 0.3 is 11.8 Å². The van der Waals surface area contributed by atoms with Crippen molar-refractivity contribution in [1.82, 2.24) is 10.6 Å². The maximum absolute atomic E-state index is 11.2. The van der Waals surface area contributed by atoms with Crippen LogP contribution in [0.4, 0.5) is 0 Å². The van der Waals surface area contributed by atoms with Crippen LogP contribution in [0.5, 0.6) is 0 Å². The van der Waals surface area contributed by atoms with E-state index in [1.165, 1.54) is 0 Å². The molecule has 0 bridgehead atoms. The van der Waals surface area contributed by atoms with E-state index >= 15 is 0 Å². The van der Waals surface area contributed by atoms with E-state index in [1.54, 1.807) is 7.11 Å². The zero-order valence-corrected chi connectivity index (χ0v) is 11.2. The first-order valence-corrected chi connectivity index (χ1v) is 5.89. The molecule has 0 saturated heterocycles. The molecule has 0 aliphatic heterocycles. The molecule has 104 valence electrons. The van der Waals surface area contributed by atoms with E-state index in [0.717, 1.165) is 0 Å². The van der Waals surface area contributed by atoms with Crippen LogP contribution in [-0.4, -0.2) is 56.8 Å². The molecule has 7 nitrogen and oxygen atoms in total. The number of rotatable bonds is 9. The minimum absolute atomic E-state index is 0.0156. The summed E-state index contributed by atoms with van der Waals surface area (Å²) in [5, 5.41) is 4.74. The van der Waals surface area contributed by atoms with E-state index < -0.39 is 11.8 Å². The minimum atomic E-state index is -0.747. The van der Waals surface area contributed by atoms with Crippen molar-refractivity contribution < 1.29 is 19.1 Å². The van der Waals surface area contributed by atoms with Crippen molar-refractivity contribution in [3.8, 4) is 0 Å². The Morgan fingerprint density at radius 2 is 1.83 bits per heavy atom. The van der Waals surface area contributed by atoms with Crippen molar-refractivity contribution in [3.05, 3.63) is 0 Å². The summed E-state index contributed by atoms with van der Waals surface area (Å²) >= 11 is 4.56. The van der Waals surface area contributed by atoms with Crippen LogP contribution in [0.2, 0.25) is 0 Å². The normalized spacial score (nSPS) is 9.83. The molecule has 0 fully saturated rings. The molecule has 0 heterocycles. The van der Waals surface area contributed by atoms with Crippen LogP contribution in [0, 0.1) is 0 Å². The third kappa shape index (κ3) is 9.94. The molecule has 4 N–H and O–H groups in total. The summed E-state index contributed by atoms with van der Waals surface area (Å²) in [6.45, 7) is 1.93. The zero-order valence-electron chi connectivity index (χ0n) is 10.4. The lowest BCUT2D eigenvalue weighted by atomic mass is 10.4. The number of ether oxygens (including phenoxy) is 2. The lowest BCUT2D eigenvalue weighted by Crippen LogP contribution is -2.43. The second-order valence-corrected chi connectivity index (χ2v) is 3.89. The van der Waals surface area contributed by atoms with Crippen LogP contribution in [0.25, 0.3) is 0 Å². The van der Waals surface area contributed by atoms with Crippen molar-refractivity contribution in [2.75, 3.05) is 40.0 Å². The van der Waals surface area contributed by atoms with Crippen LogP contribution in [-0.2, 0) is 19.1 Å². The number of nitrogens with one attached hydrogen (secondary N) is 2. The Morgan fingerprint density at radius 1 is 1.17 bits per heavy atom. The standard InChI is InChI=1S/C10H19N3O4S/c1-16-5-6-17-4-2-3-12-9(14)10(15)13-7-8(11)18/h2-7H2,1H3,(H2,11,18)(H,12,14)(H,13,15). The van der Waals surface area contributed by atoms with Crippen LogP contribution in [0.15, 0.2) is 0 Å². The summed E-state index contributed by atoms with van der Waals surface area (Å²) in [6, 6.07) is 0. The molecule has 0 saturated carbocycles. The summed E-state index contributed by atoms with van der Waals surface area (Å²) in [5.74, 6) is -1.45. The summed E-state index contributed by atoms with van der Waals surface area (Å²) in [7, 11) is 1.59.